The second kappa shape index (κ2) is 5.53. The summed E-state index contributed by atoms with van der Waals surface area (Å²) in [4.78, 5) is 20.8. The maximum atomic E-state index is 10.8. The normalized spacial score (nSPS) is 16.6. The molecule has 1 aliphatic rings. The van der Waals surface area contributed by atoms with E-state index < -0.39 is 6.09 Å². The Morgan fingerprint density at radius 3 is 2.95 bits per heavy atom. The van der Waals surface area contributed by atoms with E-state index in [1.165, 1.54) is 16.2 Å². The van der Waals surface area contributed by atoms with Gasteiger partial charge in [0.25, 0.3) is 5.19 Å². The first-order valence-electron chi connectivity index (χ1n) is 6.18. The molecule has 1 aliphatic heterocycles. The molecule has 3 rings (SSSR count). The van der Waals surface area contributed by atoms with Crippen molar-refractivity contribution in [2.75, 3.05) is 13.1 Å². The fourth-order valence-electron chi connectivity index (χ4n) is 2.13. The van der Waals surface area contributed by atoms with Crippen molar-refractivity contribution < 1.29 is 14.6 Å². The summed E-state index contributed by atoms with van der Waals surface area (Å²) in [5.74, 6) is 0. The predicted octanol–water partition coefficient (Wildman–Crippen LogP) is 2.98. The van der Waals surface area contributed by atoms with Crippen LogP contribution in [-0.2, 0) is 0 Å². The second-order valence-corrected chi connectivity index (χ2v) is 6.45. The van der Waals surface area contributed by atoms with E-state index in [2.05, 4.69) is 25.9 Å². The molecule has 0 radical (unpaired) electrons. The first-order valence-corrected chi connectivity index (χ1v) is 7.79. The van der Waals surface area contributed by atoms with Crippen molar-refractivity contribution in [2.24, 2.45) is 0 Å². The standard InChI is InChI=1S/C12H12BrN3O3S/c13-7-5-9-10(14-6-7)15-11(20-9)19-8-1-3-16(4-2-8)12(17)18/h5-6,8H,1-4H2,(H,17,18). The summed E-state index contributed by atoms with van der Waals surface area (Å²) in [5, 5.41) is 9.49. The van der Waals surface area contributed by atoms with Gasteiger partial charge in [-0.25, -0.2) is 9.78 Å². The van der Waals surface area contributed by atoms with Gasteiger partial charge in [-0.15, -0.1) is 0 Å². The Labute approximate surface area is 127 Å². The molecule has 1 fully saturated rings. The molecule has 2 aromatic rings. The number of pyridine rings is 1. The van der Waals surface area contributed by atoms with Crippen molar-refractivity contribution in [3.63, 3.8) is 0 Å². The molecule has 1 saturated heterocycles. The molecule has 1 amide bonds. The second-order valence-electron chi connectivity index (χ2n) is 4.54. The maximum Gasteiger partial charge on any atom is 0.407 e. The van der Waals surface area contributed by atoms with E-state index in [0.717, 1.165) is 9.17 Å². The van der Waals surface area contributed by atoms with Crippen molar-refractivity contribution in [1.29, 1.82) is 0 Å². The number of carboxylic acid groups (broad SMARTS) is 1. The first-order chi connectivity index (χ1) is 9.61. The van der Waals surface area contributed by atoms with Crippen LogP contribution < -0.4 is 4.74 Å². The number of likely N-dealkylation sites (tertiary alicyclic amines) is 1. The summed E-state index contributed by atoms with van der Waals surface area (Å²) in [5.41, 5.74) is 0.677. The number of hydrogen-bond acceptors (Lipinski definition) is 5. The summed E-state index contributed by atoms with van der Waals surface area (Å²) in [6.45, 7) is 1.02. The number of thiazole rings is 1. The summed E-state index contributed by atoms with van der Waals surface area (Å²) in [7, 11) is 0. The molecule has 0 unspecified atom stereocenters. The highest BCUT2D eigenvalue weighted by molar-refractivity contribution is 9.10. The number of halogens is 1. The van der Waals surface area contributed by atoms with Gasteiger partial charge in [-0.1, -0.05) is 11.3 Å². The lowest BCUT2D eigenvalue weighted by Crippen LogP contribution is -2.41. The summed E-state index contributed by atoms with van der Waals surface area (Å²) >= 11 is 4.83. The van der Waals surface area contributed by atoms with Crippen molar-refractivity contribution in [3.8, 4) is 5.19 Å². The molecule has 0 aliphatic carbocycles. The Balaban J connectivity index is 1.66. The van der Waals surface area contributed by atoms with Crippen LogP contribution in [0.2, 0.25) is 0 Å². The molecule has 0 aromatic carbocycles. The molecular weight excluding hydrogens is 346 g/mol. The van der Waals surface area contributed by atoms with Gasteiger partial charge in [-0.05, 0) is 22.0 Å². The zero-order chi connectivity index (χ0) is 14.1. The Bertz CT molecular complexity index is 640. The number of hydrogen-bond donors (Lipinski definition) is 1. The van der Waals surface area contributed by atoms with Crippen molar-refractivity contribution in [3.05, 3.63) is 16.7 Å². The Kier molecular flexibility index (Phi) is 3.75. The molecule has 0 atom stereocenters. The molecule has 3 heterocycles. The molecule has 6 nitrogen and oxygen atoms in total. The van der Waals surface area contributed by atoms with Gasteiger partial charge < -0.3 is 14.7 Å². The molecule has 106 valence electrons. The van der Waals surface area contributed by atoms with E-state index in [0.29, 0.717) is 36.8 Å². The molecule has 1 N–H and O–H groups in total. The van der Waals surface area contributed by atoms with Gasteiger partial charge in [0, 0.05) is 36.6 Å². The van der Waals surface area contributed by atoms with Gasteiger partial charge in [-0.3, -0.25) is 0 Å². The topological polar surface area (TPSA) is 75.5 Å². The lowest BCUT2D eigenvalue weighted by Gasteiger charge is -2.29. The maximum absolute atomic E-state index is 10.8. The zero-order valence-electron chi connectivity index (χ0n) is 10.5. The van der Waals surface area contributed by atoms with Gasteiger partial charge in [0.1, 0.15) is 6.10 Å². The predicted molar refractivity (Wildman–Crippen MR) is 78.4 cm³/mol. The Morgan fingerprint density at radius 1 is 1.50 bits per heavy atom. The molecule has 0 bridgehead atoms. The molecule has 20 heavy (non-hydrogen) atoms. The smallest absolute Gasteiger partial charge is 0.407 e. The molecule has 2 aromatic heterocycles. The number of carbonyl (C=O) groups is 1. The summed E-state index contributed by atoms with van der Waals surface area (Å²) in [6.07, 6.45) is 2.25. The van der Waals surface area contributed by atoms with Crippen molar-refractivity contribution >= 4 is 43.7 Å². The minimum Gasteiger partial charge on any atom is -0.467 e. The van der Waals surface area contributed by atoms with Gasteiger partial charge in [0.05, 0.1) is 4.70 Å². The minimum absolute atomic E-state index is 0.0228. The van der Waals surface area contributed by atoms with E-state index in [4.69, 9.17) is 9.84 Å². The average molecular weight is 358 g/mol. The number of piperidine rings is 1. The first kappa shape index (κ1) is 13.6. The molecular formula is C12H12BrN3O3S. The van der Waals surface area contributed by atoms with Gasteiger partial charge in [-0.2, -0.15) is 4.98 Å². The lowest BCUT2D eigenvalue weighted by molar-refractivity contribution is 0.0894. The number of aromatic nitrogens is 2. The van der Waals surface area contributed by atoms with Crippen molar-refractivity contribution in [2.45, 2.75) is 18.9 Å². The van der Waals surface area contributed by atoms with Crippen LogP contribution in [-0.4, -0.2) is 45.3 Å². The summed E-state index contributed by atoms with van der Waals surface area (Å²) < 4.78 is 7.72. The third-order valence-electron chi connectivity index (χ3n) is 3.17. The van der Waals surface area contributed by atoms with E-state index in [1.54, 1.807) is 6.20 Å². The van der Waals surface area contributed by atoms with E-state index in [-0.39, 0.29) is 6.10 Å². The number of rotatable bonds is 2. The number of nitrogens with zero attached hydrogens (tertiary/aromatic N) is 3. The van der Waals surface area contributed by atoms with Crippen LogP contribution in [0.4, 0.5) is 4.79 Å². The quantitative estimate of drug-likeness (QED) is 0.893. The number of fused-ring (bicyclic) bond motifs is 1. The highest BCUT2D eigenvalue weighted by Crippen LogP contribution is 2.30. The van der Waals surface area contributed by atoms with Crippen LogP contribution in [0.3, 0.4) is 0 Å². The Hall–Kier alpha value is -1.41. The largest absolute Gasteiger partial charge is 0.467 e. The van der Waals surface area contributed by atoms with Crippen LogP contribution in [0.25, 0.3) is 10.3 Å². The van der Waals surface area contributed by atoms with Gasteiger partial charge in [0.2, 0.25) is 0 Å². The van der Waals surface area contributed by atoms with Crippen LogP contribution in [0.15, 0.2) is 16.7 Å². The third kappa shape index (κ3) is 2.85. The molecule has 8 heteroatoms. The SMILES string of the molecule is O=C(O)N1CCC(Oc2nc3ncc(Br)cc3s2)CC1. The highest BCUT2D eigenvalue weighted by Gasteiger charge is 2.24. The van der Waals surface area contributed by atoms with E-state index >= 15 is 0 Å². The van der Waals surface area contributed by atoms with Gasteiger partial charge in [0.15, 0.2) is 5.65 Å². The fraction of sp³-hybridized carbons (Fsp3) is 0.417. The van der Waals surface area contributed by atoms with E-state index in [1.807, 2.05) is 6.07 Å². The number of amides is 1. The Morgan fingerprint density at radius 2 is 2.25 bits per heavy atom. The highest BCUT2D eigenvalue weighted by atomic mass is 79.9. The third-order valence-corrected chi connectivity index (χ3v) is 4.49. The number of ether oxygens (including phenoxy) is 1. The minimum atomic E-state index is -0.863. The van der Waals surface area contributed by atoms with Crippen molar-refractivity contribution in [1.82, 2.24) is 14.9 Å². The molecule has 0 spiro atoms. The lowest BCUT2D eigenvalue weighted by atomic mass is 10.1. The van der Waals surface area contributed by atoms with Crippen LogP contribution >= 0.6 is 27.3 Å². The van der Waals surface area contributed by atoms with Gasteiger partial charge >= 0.3 is 6.09 Å². The summed E-state index contributed by atoms with van der Waals surface area (Å²) in [6, 6.07) is 1.96. The van der Waals surface area contributed by atoms with Crippen LogP contribution in [0, 0.1) is 0 Å². The van der Waals surface area contributed by atoms with Crippen LogP contribution in [0.1, 0.15) is 12.8 Å². The van der Waals surface area contributed by atoms with E-state index in [9.17, 15) is 4.79 Å². The average Bonchev–Trinajstić information content (AvgIpc) is 2.80. The zero-order valence-corrected chi connectivity index (χ0v) is 12.9. The monoisotopic (exact) mass is 357 g/mol. The fourth-order valence-corrected chi connectivity index (χ4v) is 3.50. The molecule has 0 saturated carbocycles. The van der Waals surface area contributed by atoms with Crippen LogP contribution in [0.5, 0.6) is 5.19 Å².